The minimum atomic E-state index is -0.199. The molecule has 284 valence electrons. The molecule has 1 saturated carbocycles. The first-order chi connectivity index (χ1) is 23.6. The van der Waals surface area contributed by atoms with E-state index in [1.807, 2.05) is 18.5 Å². The Morgan fingerprint density at radius 1 is 0.800 bits per heavy atom. The van der Waals surface area contributed by atoms with E-state index >= 15 is 0 Å². The van der Waals surface area contributed by atoms with Crippen molar-refractivity contribution in [2.24, 2.45) is 31.7 Å². The summed E-state index contributed by atoms with van der Waals surface area (Å²) in [6.07, 6.45) is 18.8. The fourth-order valence-electron chi connectivity index (χ4n) is 5.59. The van der Waals surface area contributed by atoms with Crippen molar-refractivity contribution in [2.75, 3.05) is 45.8 Å². The second kappa shape index (κ2) is 26.5. The summed E-state index contributed by atoms with van der Waals surface area (Å²) >= 11 is 0. The quantitative estimate of drug-likeness (QED) is 0.252. The van der Waals surface area contributed by atoms with Crippen LogP contribution >= 0.6 is 0 Å². The number of piperazine rings is 1. The molecule has 0 spiro atoms. The number of amides is 1. The van der Waals surface area contributed by atoms with Crippen LogP contribution in [-0.2, 0) is 18.9 Å². The predicted octanol–water partition coefficient (Wildman–Crippen LogP) is 3.78. The van der Waals surface area contributed by atoms with E-state index in [-0.39, 0.29) is 24.9 Å². The molecular weight excluding hydrogens is 630 g/mol. The summed E-state index contributed by atoms with van der Waals surface area (Å²) in [5, 5.41) is 13.0. The van der Waals surface area contributed by atoms with Crippen LogP contribution in [0.1, 0.15) is 96.9 Å². The molecule has 6 N–H and O–H groups in total. The van der Waals surface area contributed by atoms with Gasteiger partial charge in [-0.05, 0) is 78.1 Å². The number of nitrogens with zero attached hydrogens (tertiary/aromatic N) is 6. The number of carbonyl (C=O) groups is 1. The summed E-state index contributed by atoms with van der Waals surface area (Å²) in [5.74, 6) is 0.842. The van der Waals surface area contributed by atoms with Crippen molar-refractivity contribution in [3.63, 3.8) is 0 Å². The maximum absolute atomic E-state index is 10.7. The maximum atomic E-state index is 10.7. The Kier molecular flexibility index (Phi) is 23.8. The number of hydrogen-bond donors (Lipinski definition) is 5. The number of aromatic nitrogens is 6. The van der Waals surface area contributed by atoms with Gasteiger partial charge in [-0.1, -0.05) is 52.9 Å². The molecule has 7 rings (SSSR count). The Hall–Kier alpha value is -3.26. The lowest BCUT2D eigenvalue weighted by Crippen LogP contribution is -2.46. The lowest BCUT2D eigenvalue weighted by Gasteiger charge is -2.19. The largest absolute Gasteiger partial charge is 0.369 e. The molecule has 13 heteroatoms. The molecule has 3 saturated heterocycles. The van der Waals surface area contributed by atoms with Gasteiger partial charge in [-0.3, -0.25) is 4.79 Å². The SMILES string of the molecule is C.C1CCCCC1.CC1CCCNC1.CC1CNCCN1.Cc1ccn(C)c(=O)n1.Cc1ncnc2c1ncn2C.NC(=O)C1CCCNC1. The zero-order valence-corrected chi connectivity index (χ0v) is 31.1. The fraction of sp³-hybridized carbons (Fsp3) is 0.730. The van der Waals surface area contributed by atoms with Crippen LogP contribution in [0.25, 0.3) is 11.2 Å². The van der Waals surface area contributed by atoms with Crippen LogP contribution in [-0.4, -0.2) is 86.8 Å². The first kappa shape index (κ1) is 44.8. The number of carbonyl (C=O) groups excluding carboxylic acids is 1. The molecule has 3 aromatic heterocycles. The molecule has 3 atom stereocenters. The second-order valence-electron chi connectivity index (χ2n) is 13.5. The van der Waals surface area contributed by atoms with E-state index in [4.69, 9.17) is 5.73 Å². The third-order valence-corrected chi connectivity index (χ3v) is 8.78. The van der Waals surface area contributed by atoms with Gasteiger partial charge >= 0.3 is 5.69 Å². The van der Waals surface area contributed by atoms with Gasteiger partial charge in [0.2, 0.25) is 5.91 Å². The molecule has 1 amide bonds. The van der Waals surface area contributed by atoms with Gasteiger partial charge in [-0.2, -0.15) is 4.98 Å². The standard InChI is InChI=1S/C7H8N4.C6H8N2O.C6H12N2O.C6H13N.C6H12.C5H12N2.CH4/c1-5-6-7(9-3-8-5)11(2)4-10-6;1-5-3-4-8(2)6(9)7-5;7-6(9)5-2-1-3-8-4-5;1-6-3-2-4-7-5-6;1-2-4-6-5-3-1;1-5-4-6-2-3-7-5;/h3-4H,1-2H3;3-4H,1-2H3;5,8H,1-4H2,(H2,7,9);6-7H,2-5H2,1H3;1-6H2;5-7H,2-4H2,1H3;1H4. The Morgan fingerprint density at radius 3 is 1.80 bits per heavy atom. The molecule has 4 aliphatic rings. The third kappa shape index (κ3) is 19.2. The number of piperidine rings is 2. The number of nitrogens with two attached hydrogens (primary N) is 1. The first-order valence-corrected chi connectivity index (χ1v) is 18.3. The molecule has 0 bridgehead atoms. The van der Waals surface area contributed by atoms with Gasteiger partial charge in [0.25, 0.3) is 0 Å². The van der Waals surface area contributed by atoms with Gasteiger partial charge < -0.3 is 36.1 Å². The van der Waals surface area contributed by atoms with E-state index < -0.39 is 0 Å². The Balaban J connectivity index is 0.000000302. The van der Waals surface area contributed by atoms with E-state index in [2.05, 4.69) is 55.1 Å². The van der Waals surface area contributed by atoms with Gasteiger partial charge in [-0.25, -0.2) is 19.7 Å². The highest BCUT2D eigenvalue weighted by molar-refractivity contribution is 5.76. The van der Waals surface area contributed by atoms with Crippen molar-refractivity contribution in [1.82, 2.24) is 50.3 Å². The van der Waals surface area contributed by atoms with Gasteiger partial charge in [-0.15, -0.1) is 0 Å². The zero-order valence-electron chi connectivity index (χ0n) is 31.1. The Labute approximate surface area is 301 Å². The van der Waals surface area contributed by atoms with Crippen molar-refractivity contribution in [3.05, 3.63) is 46.8 Å². The van der Waals surface area contributed by atoms with Crippen LogP contribution in [0.2, 0.25) is 0 Å². The van der Waals surface area contributed by atoms with E-state index in [1.165, 1.54) is 69.0 Å². The maximum Gasteiger partial charge on any atom is 0.347 e. The van der Waals surface area contributed by atoms with Crippen LogP contribution in [0, 0.1) is 25.7 Å². The fourth-order valence-corrected chi connectivity index (χ4v) is 5.59. The zero-order chi connectivity index (χ0) is 35.9. The molecule has 3 aliphatic heterocycles. The molecule has 3 unspecified atom stereocenters. The van der Waals surface area contributed by atoms with Crippen LogP contribution in [0.5, 0.6) is 0 Å². The topological polar surface area (TPSA) is 170 Å². The minimum Gasteiger partial charge on any atom is -0.369 e. The van der Waals surface area contributed by atoms with Crippen LogP contribution < -0.4 is 32.7 Å². The number of fused-ring (bicyclic) bond motifs is 1. The minimum absolute atomic E-state index is 0. The van der Waals surface area contributed by atoms with Crippen molar-refractivity contribution in [3.8, 4) is 0 Å². The van der Waals surface area contributed by atoms with E-state index in [0.29, 0.717) is 6.04 Å². The molecule has 1 aliphatic carbocycles. The molecule has 13 nitrogen and oxygen atoms in total. The Bertz CT molecular complexity index is 1330. The molecule has 0 radical (unpaired) electrons. The molecular formula is C37H69N11O2. The van der Waals surface area contributed by atoms with Crippen LogP contribution in [0.4, 0.5) is 0 Å². The van der Waals surface area contributed by atoms with E-state index in [0.717, 1.165) is 74.0 Å². The first-order valence-electron chi connectivity index (χ1n) is 18.3. The normalized spacial score (nSPS) is 21.2. The van der Waals surface area contributed by atoms with Gasteiger partial charge in [0, 0.05) is 58.2 Å². The third-order valence-electron chi connectivity index (χ3n) is 8.78. The van der Waals surface area contributed by atoms with E-state index in [1.54, 1.807) is 38.9 Å². The molecule has 6 heterocycles. The summed E-state index contributed by atoms with van der Waals surface area (Å²) in [6, 6.07) is 2.47. The summed E-state index contributed by atoms with van der Waals surface area (Å²) < 4.78 is 3.32. The Morgan fingerprint density at radius 2 is 1.42 bits per heavy atom. The molecule has 50 heavy (non-hydrogen) atoms. The average Bonchev–Trinajstić information content (AvgIpc) is 3.51. The monoisotopic (exact) mass is 700 g/mol. The highest BCUT2D eigenvalue weighted by Gasteiger charge is 2.17. The number of nitrogens with one attached hydrogen (secondary N) is 4. The number of primary amides is 1. The summed E-state index contributed by atoms with van der Waals surface area (Å²) in [7, 11) is 3.59. The van der Waals surface area contributed by atoms with Gasteiger partial charge in [0.1, 0.15) is 11.8 Å². The van der Waals surface area contributed by atoms with Crippen molar-refractivity contribution < 1.29 is 4.79 Å². The van der Waals surface area contributed by atoms with E-state index in [9.17, 15) is 9.59 Å². The second-order valence-corrected chi connectivity index (χ2v) is 13.5. The summed E-state index contributed by atoms with van der Waals surface area (Å²) in [4.78, 5) is 37.2. The molecule has 0 aromatic carbocycles. The van der Waals surface area contributed by atoms with Crippen LogP contribution in [0.15, 0.2) is 29.7 Å². The number of hydrogen-bond acceptors (Lipinski definition) is 10. The lowest BCUT2D eigenvalue weighted by atomic mass is 9.99. The number of rotatable bonds is 1. The predicted molar refractivity (Wildman–Crippen MR) is 206 cm³/mol. The van der Waals surface area contributed by atoms with Gasteiger partial charge in [0.05, 0.1) is 17.9 Å². The summed E-state index contributed by atoms with van der Waals surface area (Å²) in [6.45, 7) is 15.9. The average molecular weight is 700 g/mol. The number of imidazole rings is 1. The number of aryl methyl sites for hydroxylation is 4. The highest BCUT2D eigenvalue weighted by Crippen LogP contribution is 2.15. The van der Waals surface area contributed by atoms with Crippen molar-refractivity contribution >= 4 is 17.1 Å². The molecule has 4 fully saturated rings. The molecule has 3 aromatic rings. The van der Waals surface area contributed by atoms with Crippen LogP contribution in [0.3, 0.4) is 0 Å². The van der Waals surface area contributed by atoms with Crippen molar-refractivity contribution in [2.45, 2.75) is 105 Å². The smallest absolute Gasteiger partial charge is 0.347 e. The van der Waals surface area contributed by atoms with Crippen molar-refractivity contribution in [1.29, 1.82) is 0 Å². The summed E-state index contributed by atoms with van der Waals surface area (Å²) in [5.41, 5.74) is 8.35. The highest BCUT2D eigenvalue weighted by atomic mass is 16.1. The van der Waals surface area contributed by atoms with Gasteiger partial charge in [0.15, 0.2) is 5.65 Å². The lowest BCUT2D eigenvalue weighted by molar-refractivity contribution is -0.122.